The topological polar surface area (TPSA) is 94.0 Å². The van der Waals surface area contributed by atoms with Gasteiger partial charge in [0.25, 0.3) is 0 Å². The Hall–Kier alpha value is -3.51. The monoisotopic (exact) mass is 398 g/mol. The van der Waals surface area contributed by atoms with Crippen LogP contribution in [0.15, 0.2) is 54.7 Å². The molecule has 0 saturated carbocycles. The van der Waals surface area contributed by atoms with Crippen LogP contribution in [0.25, 0.3) is 33.3 Å². The number of aryl methyl sites for hydroxylation is 2. The summed E-state index contributed by atoms with van der Waals surface area (Å²) in [6.07, 6.45) is 4.01. The van der Waals surface area contributed by atoms with Gasteiger partial charge in [0.15, 0.2) is 0 Å². The molecule has 5 rings (SSSR count). The quantitative estimate of drug-likeness (QED) is 0.532. The Labute approximate surface area is 174 Å². The van der Waals surface area contributed by atoms with Gasteiger partial charge in [-0.15, -0.1) is 0 Å². The number of carboxylic acid groups (broad SMARTS) is 1. The summed E-state index contributed by atoms with van der Waals surface area (Å²) in [5, 5.41) is 16.8. The maximum absolute atomic E-state index is 11.9. The van der Waals surface area contributed by atoms with Gasteiger partial charge >= 0.3 is 5.97 Å². The van der Waals surface area contributed by atoms with E-state index in [0.717, 1.165) is 45.4 Å². The van der Waals surface area contributed by atoms with Crippen molar-refractivity contribution in [3.8, 4) is 22.5 Å². The van der Waals surface area contributed by atoms with Crippen LogP contribution in [0.1, 0.15) is 28.0 Å². The Morgan fingerprint density at radius 3 is 2.73 bits per heavy atom. The second-order valence-corrected chi connectivity index (χ2v) is 7.63. The summed E-state index contributed by atoms with van der Waals surface area (Å²) in [5.41, 5.74) is 11.5. The van der Waals surface area contributed by atoms with Crippen molar-refractivity contribution in [1.29, 1.82) is 0 Å². The number of benzene rings is 2. The van der Waals surface area contributed by atoms with Gasteiger partial charge in [-0.2, -0.15) is 5.10 Å². The van der Waals surface area contributed by atoms with E-state index in [0.29, 0.717) is 25.9 Å². The summed E-state index contributed by atoms with van der Waals surface area (Å²) in [7, 11) is 0. The predicted octanol–water partition coefficient (Wildman–Crippen LogP) is 3.91. The number of nitrogens with two attached hydrogens (primary N) is 1. The van der Waals surface area contributed by atoms with E-state index >= 15 is 0 Å². The van der Waals surface area contributed by atoms with Crippen molar-refractivity contribution in [3.05, 3.63) is 71.5 Å². The first-order valence-electron chi connectivity index (χ1n) is 10.2. The van der Waals surface area contributed by atoms with Gasteiger partial charge in [-0.1, -0.05) is 36.4 Å². The summed E-state index contributed by atoms with van der Waals surface area (Å²) in [6.45, 7) is 0.999. The number of hydrogen-bond acceptors (Lipinski definition) is 4. The third kappa shape index (κ3) is 3.06. The van der Waals surface area contributed by atoms with Crippen LogP contribution in [-0.4, -0.2) is 32.4 Å². The summed E-state index contributed by atoms with van der Waals surface area (Å²) in [5.74, 6) is -0.937. The molecule has 4 aromatic rings. The first-order chi connectivity index (χ1) is 14.7. The van der Waals surface area contributed by atoms with Gasteiger partial charge in [0.05, 0.1) is 11.4 Å². The molecule has 6 heteroatoms. The number of fused-ring (bicyclic) bond motifs is 4. The van der Waals surface area contributed by atoms with Crippen molar-refractivity contribution in [2.45, 2.75) is 25.8 Å². The number of pyridine rings is 1. The van der Waals surface area contributed by atoms with Crippen molar-refractivity contribution in [3.63, 3.8) is 0 Å². The largest absolute Gasteiger partial charge is 0.477 e. The van der Waals surface area contributed by atoms with E-state index in [9.17, 15) is 9.90 Å². The van der Waals surface area contributed by atoms with Gasteiger partial charge in [0.1, 0.15) is 5.69 Å². The molecule has 0 radical (unpaired) electrons. The fourth-order valence-electron chi connectivity index (χ4n) is 4.26. The molecule has 0 saturated heterocycles. The summed E-state index contributed by atoms with van der Waals surface area (Å²) in [4.78, 5) is 16.6. The van der Waals surface area contributed by atoms with Gasteiger partial charge in [0.2, 0.25) is 0 Å². The molecular weight excluding hydrogens is 376 g/mol. The second-order valence-electron chi connectivity index (χ2n) is 7.63. The molecular formula is C24H22N4O2. The molecule has 2 aromatic carbocycles. The number of carbonyl (C=O) groups is 1. The molecule has 0 fully saturated rings. The Kier molecular flexibility index (Phi) is 4.56. The van der Waals surface area contributed by atoms with Crippen LogP contribution >= 0.6 is 0 Å². The van der Waals surface area contributed by atoms with E-state index in [-0.39, 0.29) is 5.69 Å². The summed E-state index contributed by atoms with van der Waals surface area (Å²) < 4.78 is 1.60. The lowest BCUT2D eigenvalue weighted by molar-refractivity contribution is 0.0681. The van der Waals surface area contributed by atoms with Crippen molar-refractivity contribution >= 4 is 16.7 Å². The molecule has 2 aromatic heterocycles. The number of nitrogens with zero attached hydrogens (tertiary/aromatic N) is 3. The number of aromatic nitrogens is 3. The zero-order valence-corrected chi connectivity index (χ0v) is 16.5. The molecule has 150 valence electrons. The van der Waals surface area contributed by atoms with Gasteiger partial charge in [0, 0.05) is 29.4 Å². The minimum atomic E-state index is -0.937. The predicted molar refractivity (Wildman–Crippen MR) is 116 cm³/mol. The molecule has 0 unspecified atom stereocenters. The van der Waals surface area contributed by atoms with Crippen LogP contribution in [-0.2, 0) is 19.4 Å². The van der Waals surface area contributed by atoms with E-state index < -0.39 is 5.97 Å². The van der Waals surface area contributed by atoms with Gasteiger partial charge in [-0.25, -0.2) is 4.79 Å². The van der Waals surface area contributed by atoms with Gasteiger partial charge in [-0.3, -0.25) is 9.67 Å². The number of hydrogen-bond donors (Lipinski definition) is 2. The molecule has 1 aliphatic carbocycles. The summed E-state index contributed by atoms with van der Waals surface area (Å²) in [6, 6.07) is 16.6. The van der Waals surface area contributed by atoms with E-state index in [4.69, 9.17) is 5.73 Å². The van der Waals surface area contributed by atoms with E-state index in [1.807, 2.05) is 24.4 Å². The fraction of sp³-hybridized carbons (Fsp3) is 0.208. The normalized spacial score (nSPS) is 12.6. The SMILES string of the molecule is NCCCn1nc2c(c1C(=O)O)CCc1cnc(-c3ccc4ccccc4c3)cc1-2. The lowest BCUT2D eigenvalue weighted by Crippen LogP contribution is -2.14. The Bertz CT molecular complexity index is 1280. The van der Waals surface area contributed by atoms with Crippen molar-refractivity contribution in [1.82, 2.24) is 14.8 Å². The molecule has 0 aliphatic heterocycles. The molecule has 0 bridgehead atoms. The zero-order valence-electron chi connectivity index (χ0n) is 16.5. The molecule has 0 atom stereocenters. The smallest absolute Gasteiger partial charge is 0.354 e. The Balaban J connectivity index is 1.63. The minimum absolute atomic E-state index is 0.285. The molecule has 6 nitrogen and oxygen atoms in total. The standard InChI is InChI=1S/C24H22N4O2/c25-10-3-11-28-23(24(29)30)19-9-8-18-14-26-21(13-20(18)22(19)27-28)17-7-6-15-4-1-2-5-16(15)12-17/h1-2,4-7,12-14H,3,8-11,25H2,(H,29,30). The average Bonchev–Trinajstić information content (AvgIpc) is 3.16. The molecule has 3 N–H and O–H groups in total. The highest BCUT2D eigenvalue weighted by molar-refractivity contribution is 5.91. The lowest BCUT2D eigenvalue weighted by atomic mass is 9.89. The van der Waals surface area contributed by atoms with Gasteiger partial charge in [-0.05, 0) is 54.3 Å². The van der Waals surface area contributed by atoms with Crippen LogP contribution in [0.3, 0.4) is 0 Å². The number of carboxylic acids is 1. The first kappa shape index (κ1) is 18.5. The van der Waals surface area contributed by atoms with Crippen LogP contribution < -0.4 is 5.73 Å². The third-order valence-electron chi connectivity index (χ3n) is 5.76. The van der Waals surface area contributed by atoms with Crippen LogP contribution in [0.4, 0.5) is 0 Å². The Morgan fingerprint density at radius 1 is 1.10 bits per heavy atom. The van der Waals surface area contributed by atoms with Crippen molar-refractivity contribution in [2.24, 2.45) is 5.73 Å². The molecule has 0 amide bonds. The minimum Gasteiger partial charge on any atom is -0.477 e. The van der Waals surface area contributed by atoms with Gasteiger partial charge < -0.3 is 10.8 Å². The van der Waals surface area contributed by atoms with E-state index in [1.54, 1.807) is 4.68 Å². The zero-order chi connectivity index (χ0) is 20.7. The summed E-state index contributed by atoms with van der Waals surface area (Å²) >= 11 is 0. The molecule has 1 aliphatic rings. The Morgan fingerprint density at radius 2 is 1.93 bits per heavy atom. The molecule has 30 heavy (non-hydrogen) atoms. The van der Waals surface area contributed by atoms with Crippen LogP contribution in [0.2, 0.25) is 0 Å². The average molecular weight is 398 g/mol. The van der Waals surface area contributed by atoms with Crippen molar-refractivity contribution < 1.29 is 9.90 Å². The fourth-order valence-corrected chi connectivity index (χ4v) is 4.26. The second kappa shape index (κ2) is 7.39. The number of aromatic carboxylic acids is 1. The maximum Gasteiger partial charge on any atom is 0.354 e. The molecule has 0 spiro atoms. The van der Waals surface area contributed by atoms with Crippen molar-refractivity contribution in [2.75, 3.05) is 6.54 Å². The van der Waals surface area contributed by atoms with E-state index in [1.165, 1.54) is 5.39 Å². The highest BCUT2D eigenvalue weighted by Crippen LogP contribution is 2.36. The first-order valence-corrected chi connectivity index (χ1v) is 10.2. The lowest BCUT2D eigenvalue weighted by Gasteiger charge is -2.16. The molecule has 2 heterocycles. The maximum atomic E-state index is 11.9. The third-order valence-corrected chi connectivity index (χ3v) is 5.76. The highest BCUT2D eigenvalue weighted by Gasteiger charge is 2.28. The number of rotatable bonds is 5. The van der Waals surface area contributed by atoms with Crippen LogP contribution in [0, 0.1) is 0 Å². The highest BCUT2D eigenvalue weighted by atomic mass is 16.4. The van der Waals surface area contributed by atoms with E-state index in [2.05, 4.69) is 40.4 Å². The van der Waals surface area contributed by atoms with Crippen LogP contribution in [0.5, 0.6) is 0 Å².